The maximum absolute atomic E-state index is 11.9. The van der Waals surface area contributed by atoms with Crippen molar-refractivity contribution in [2.75, 3.05) is 18.1 Å². The van der Waals surface area contributed by atoms with Crippen LogP contribution >= 0.6 is 11.3 Å². The van der Waals surface area contributed by atoms with E-state index in [9.17, 15) is 4.79 Å². The summed E-state index contributed by atoms with van der Waals surface area (Å²) in [4.78, 5) is 17.9. The van der Waals surface area contributed by atoms with Crippen LogP contribution in [0.15, 0.2) is 23.6 Å². The van der Waals surface area contributed by atoms with E-state index in [-0.39, 0.29) is 19.1 Å². The predicted molar refractivity (Wildman–Crippen MR) is 79.0 cm³/mol. The predicted octanol–water partition coefficient (Wildman–Crippen LogP) is 2.48. The Bertz CT molecular complexity index is 715. The first-order chi connectivity index (χ1) is 9.69. The van der Waals surface area contributed by atoms with Crippen molar-refractivity contribution in [1.82, 2.24) is 4.98 Å². The van der Waals surface area contributed by atoms with Crippen LogP contribution in [0, 0.1) is 19.3 Å². The first-order valence-corrected chi connectivity index (χ1v) is 7.00. The molecular weight excluding hydrogens is 272 g/mol. The van der Waals surface area contributed by atoms with Crippen LogP contribution in [0.25, 0.3) is 11.3 Å². The topological polar surface area (TPSA) is 42.4 Å². The average molecular weight is 284 g/mol. The minimum Gasteiger partial charge on any atom is -0.482 e. The van der Waals surface area contributed by atoms with Gasteiger partial charge < -0.3 is 4.74 Å². The minimum atomic E-state index is -0.123. The lowest BCUT2D eigenvalue weighted by molar-refractivity contribution is -0.121. The molecule has 0 bridgehead atoms. The Balaban J connectivity index is 2.06. The summed E-state index contributed by atoms with van der Waals surface area (Å²) in [6.07, 6.45) is 5.34. The van der Waals surface area contributed by atoms with Crippen molar-refractivity contribution in [2.24, 2.45) is 0 Å². The van der Waals surface area contributed by atoms with Crippen LogP contribution in [-0.2, 0) is 4.79 Å². The van der Waals surface area contributed by atoms with Crippen LogP contribution in [0.1, 0.15) is 5.01 Å². The summed E-state index contributed by atoms with van der Waals surface area (Å²) in [5.74, 6) is 3.06. The molecule has 1 aromatic carbocycles. The molecule has 20 heavy (non-hydrogen) atoms. The molecule has 0 unspecified atom stereocenters. The highest BCUT2D eigenvalue weighted by molar-refractivity contribution is 7.09. The second-order valence-electron chi connectivity index (χ2n) is 4.41. The van der Waals surface area contributed by atoms with Crippen LogP contribution in [0.5, 0.6) is 5.75 Å². The number of amides is 1. The lowest BCUT2D eigenvalue weighted by Crippen LogP contribution is -2.39. The molecule has 4 nitrogen and oxygen atoms in total. The monoisotopic (exact) mass is 284 g/mol. The summed E-state index contributed by atoms with van der Waals surface area (Å²) in [6, 6.07) is 5.70. The molecule has 0 fully saturated rings. The number of carbonyl (C=O) groups excluding carboxylic acids is 1. The third-order valence-electron chi connectivity index (χ3n) is 3.07. The highest BCUT2D eigenvalue weighted by atomic mass is 32.1. The lowest BCUT2D eigenvalue weighted by atomic mass is 10.1. The van der Waals surface area contributed by atoms with E-state index in [1.807, 2.05) is 30.5 Å². The Kier molecular flexibility index (Phi) is 3.17. The van der Waals surface area contributed by atoms with Gasteiger partial charge in [0.2, 0.25) is 0 Å². The zero-order chi connectivity index (χ0) is 14.1. The molecule has 1 aromatic heterocycles. The normalized spacial score (nSPS) is 13.6. The molecule has 2 aromatic rings. The van der Waals surface area contributed by atoms with Gasteiger partial charge in [0, 0.05) is 10.9 Å². The molecule has 0 spiro atoms. The standard InChI is InChI=1S/C15H12N2O2S/c1-3-6-17-13-7-11(12-9-20-10(2)16-12)4-5-14(13)19-8-15(17)18/h1,4-5,7,9H,6,8H2,2H3. The van der Waals surface area contributed by atoms with Crippen LogP contribution < -0.4 is 9.64 Å². The van der Waals surface area contributed by atoms with E-state index >= 15 is 0 Å². The fraction of sp³-hybridized carbons (Fsp3) is 0.200. The van der Waals surface area contributed by atoms with Gasteiger partial charge >= 0.3 is 0 Å². The number of ether oxygens (including phenoxy) is 1. The van der Waals surface area contributed by atoms with E-state index in [0.717, 1.165) is 16.3 Å². The number of nitrogens with zero attached hydrogens (tertiary/aromatic N) is 2. The smallest absolute Gasteiger partial charge is 0.265 e. The van der Waals surface area contributed by atoms with Crippen LogP contribution in [0.2, 0.25) is 0 Å². The summed E-state index contributed by atoms with van der Waals surface area (Å²) in [7, 11) is 0. The number of hydrogen-bond donors (Lipinski definition) is 0. The van der Waals surface area contributed by atoms with E-state index in [0.29, 0.717) is 11.4 Å². The largest absolute Gasteiger partial charge is 0.482 e. The molecule has 3 rings (SSSR count). The molecule has 0 N–H and O–H groups in total. The Hall–Kier alpha value is -2.32. The van der Waals surface area contributed by atoms with E-state index in [1.165, 1.54) is 0 Å². The molecule has 0 aliphatic carbocycles. The van der Waals surface area contributed by atoms with E-state index in [2.05, 4.69) is 10.9 Å². The van der Waals surface area contributed by atoms with Gasteiger partial charge in [-0.05, 0) is 25.1 Å². The summed E-state index contributed by atoms with van der Waals surface area (Å²) in [5, 5.41) is 3.00. The Morgan fingerprint density at radius 2 is 2.40 bits per heavy atom. The molecular formula is C15H12N2O2S. The second-order valence-corrected chi connectivity index (χ2v) is 5.47. The van der Waals surface area contributed by atoms with Gasteiger partial charge in [0.1, 0.15) is 5.75 Å². The molecule has 0 saturated carbocycles. The third-order valence-corrected chi connectivity index (χ3v) is 3.84. The Labute approximate surface area is 121 Å². The van der Waals surface area contributed by atoms with Crippen molar-refractivity contribution >= 4 is 22.9 Å². The zero-order valence-corrected chi connectivity index (χ0v) is 11.7. The van der Waals surface area contributed by atoms with Crippen molar-refractivity contribution in [3.05, 3.63) is 28.6 Å². The number of benzene rings is 1. The summed E-state index contributed by atoms with van der Waals surface area (Å²) in [6.45, 7) is 2.24. The lowest BCUT2D eigenvalue weighted by Gasteiger charge is -2.28. The number of aromatic nitrogens is 1. The molecule has 1 aliphatic rings. The van der Waals surface area contributed by atoms with Gasteiger partial charge in [-0.2, -0.15) is 0 Å². The summed E-state index contributed by atoms with van der Waals surface area (Å²) >= 11 is 1.59. The van der Waals surface area contributed by atoms with Crippen molar-refractivity contribution in [3.8, 4) is 29.4 Å². The fourth-order valence-electron chi connectivity index (χ4n) is 2.12. The Morgan fingerprint density at radius 1 is 1.55 bits per heavy atom. The zero-order valence-electron chi connectivity index (χ0n) is 10.9. The molecule has 2 heterocycles. The maximum Gasteiger partial charge on any atom is 0.265 e. The maximum atomic E-state index is 11.9. The summed E-state index contributed by atoms with van der Waals surface area (Å²) in [5.41, 5.74) is 2.56. The first kappa shape index (κ1) is 12.7. The van der Waals surface area contributed by atoms with Crippen molar-refractivity contribution in [2.45, 2.75) is 6.92 Å². The van der Waals surface area contributed by atoms with Gasteiger partial charge in [0.05, 0.1) is 22.9 Å². The number of carbonyl (C=O) groups is 1. The molecule has 100 valence electrons. The van der Waals surface area contributed by atoms with E-state index in [4.69, 9.17) is 11.2 Å². The first-order valence-electron chi connectivity index (χ1n) is 6.12. The molecule has 0 radical (unpaired) electrons. The molecule has 1 amide bonds. The molecule has 5 heteroatoms. The Morgan fingerprint density at radius 3 is 3.10 bits per heavy atom. The number of anilines is 1. The van der Waals surface area contributed by atoms with Crippen LogP contribution in [0.3, 0.4) is 0 Å². The van der Waals surface area contributed by atoms with Gasteiger partial charge in [0.15, 0.2) is 6.61 Å². The number of terminal acetylenes is 1. The van der Waals surface area contributed by atoms with Crippen LogP contribution in [-0.4, -0.2) is 24.0 Å². The molecule has 0 saturated heterocycles. The van der Waals surface area contributed by atoms with Crippen molar-refractivity contribution in [1.29, 1.82) is 0 Å². The fourth-order valence-corrected chi connectivity index (χ4v) is 2.74. The van der Waals surface area contributed by atoms with Crippen molar-refractivity contribution < 1.29 is 9.53 Å². The third kappa shape index (κ3) is 2.15. The minimum absolute atomic E-state index is 0.0316. The highest BCUT2D eigenvalue weighted by Gasteiger charge is 2.25. The molecule has 1 aliphatic heterocycles. The van der Waals surface area contributed by atoms with Gasteiger partial charge in [0.25, 0.3) is 5.91 Å². The quantitative estimate of drug-likeness (QED) is 0.796. The number of aryl methyl sites for hydroxylation is 1. The second kappa shape index (κ2) is 4.99. The van der Waals surface area contributed by atoms with Crippen molar-refractivity contribution in [3.63, 3.8) is 0 Å². The summed E-state index contributed by atoms with van der Waals surface area (Å²) < 4.78 is 5.43. The van der Waals surface area contributed by atoms with Gasteiger partial charge in [-0.15, -0.1) is 17.8 Å². The number of fused-ring (bicyclic) bond motifs is 1. The van der Waals surface area contributed by atoms with Gasteiger partial charge in [-0.3, -0.25) is 9.69 Å². The van der Waals surface area contributed by atoms with E-state index in [1.54, 1.807) is 16.2 Å². The number of rotatable bonds is 2. The number of thiazole rings is 1. The highest BCUT2D eigenvalue weighted by Crippen LogP contribution is 2.36. The van der Waals surface area contributed by atoms with E-state index < -0.39 is 0 Å². The average Bonchev–Trinajstić information content (AvgIpc) is 2.88. The van der Waals surface area contributed by atoms with Gasteiger partial charge in [-0.25, -0.2) is 4.98 Å². The van der Waals surface area contributed by atoms with Gasteiger partial charge in [-0.1, -0.05) is 5.92 Å². The van der Waals surface area contributed by atoms with Crippen LogP contribution in [0.4, 0.5) is 5.69 Å². The molecule has 0 atom stereocenters. The SMILES string of the molecule is C#CCN1C(=O)COc2ccc(-c3csc(C)n3)cc21. The number of hydrogen-bond acceptors (Lipinski definition) is 4.